The van der Waals surface area contributed by atoms with E-state index in [4.69, 9.17) is 9.47 Å². The van der Waals surface area contributed by atoms with Crippen LogP contribution in [-0.4, -0.2) is 63.0 Å². The first-order valence-electron chi connectivity index (χ1n) is 11.0. The third kappa shape index (κ3) is 5.70. The van der Waals surface area contributed by atoms with Crippen LogP contribution >= 0.6 is 0 Å². The number of aliphatic hydroxyl groups is 1. The number of carbonyl (C=O) groups is 2. The van der Waals surface area contributed by atoms with E-state index in [1.165, 1.54) is 0 Å². The van der Waals surface area contributed by atoms with Gasteiger partial charge in [0.05, 0.1) is 19.3 Å². The van der Waals surface area contributed by atoms with Gasteiger partial charge in [-0.1, -0.05) is 20.8 Å². The van der Waals surface area contributed by atoms with Crippen molar-refractivity contribution in [3.05, 3.63) is 0 Å². The smallest absolute Gasteiger partial charge is 0.223 e. The molecular formula is C22H40N2O5. The summed E-state index contributed by atoms with van der Waals surface area (Å²) in [5.74, 6) is -0.127. The molecule has 3 N–H and O–H groups in total. The van der Waals surface area contributed by atoms with Crippen LogP contribution in [0.2, 0.25) is 0 Å². The van der Waals surface area contributed by atoms with Gasteiger partial charge in [0.15, 0.2) is 0 Å². The summed E-state index contributed by atoms with van der Waals surface area (Å²) in [5, 5.41) is 17.4. The molecule has 2 aliphatic rings. The molecule has 0 heterocycles. The van der Waals surface area contributed by atoms with E-state index in [1.807, 2.05) is 6.92 Å². The molecule has 2 saturated carbocycles. The Hall–Kier alpha value is -1.18. The molecule has 29 heavy (non-hydrogen) atoms. The third-order valence-electron chi connectivity index (χ3n) is 7.43. The zero-order valence-electron chi connectivity index (χ0n) is 18.7. The zero-order chi connectivity index (χ0) is 21.6. The largest absolute Gasteiger partial charge is 0.392 e. The lowest BCUT2D eigenvalue weighted by atomic mass is 9.51. The van der Waals surface area contributed by atoms with Gasteiger partial charge in [-0.15, -0.1) is 0 Å². The van der Waals surface area contributed by atoms with Crippen LogP contribution in [0.4, 0.5) is 0 Å². The summed E-state index contributed by atoms with van der Waals surface area (Å²) < 4.78 is 10.00. The fourth-order valence-electron chi connectivity index (χ4n) is 5.60. The quantitative estimate of drug-likeness (QED) is 0.501. The second-order valence-corrected chi connectivity index (χ2v) is 9.26. The number of hydrogen-bond acceptors (Lipinski definition) is 5. The minimum atomic E-state index is -0.550. The Kier molecular flexibility index (Phi) is 8.91. The standard InChI is InChI=1S/C22H40N2O5/c1-14(21(27)23-11-13-29-5)16-6-9-22(3)10-7-17(15(2)19(22)20(16)26)24-18(25)8-12-28-4/h14-17,19-20,26H,6-13H2,1-5H3,(H,23,27)(H,24,25)/t14-,15+,16?,17-,19+,20-,22-/m0/s1. The molecule has 0 saturated heterocycles. The van der Waals surface area contributed by atoms with Crippen molar-refractivity contribution in [2.24, 2.45) is 29.1 Å². The number of nitrogens with one attached hydrogen (secondary N) is 2. The van der Waals surface area contributed by atoms with Gasteiger partial charge in [0.1, 0.15) is 0 Å². The molecule has 1 unspecified atom stereocenters. The molecule has 0 radical (unpaired) electrons. The van der Waals surface area contributed by atoms with E-state index < -0.39 is 6.10 Å². The van der Waals surface area contributed by atoms with Gasteiger partial charge in [-0.3, -0.25) is 9.59 Å². The predicted molar refractivity (Wildman–Crippen MR) is 111 cm³/mol. The summed E-state index contributed by atoms with van der Waals surface area (Å²) in [6.07, 6.45) is 3.57. The second-order valence-electron chi connectivity index (χ2n) is 9.26. The summed E-state index contributed by atoms with van der Waals surface area (Å²) >= 11 is 0. The second kappa shape index (κ2) is 10.7. The van der Waals surface area contributed by atoms with Crippen LogP contribution in [-0.2, 0) is 19.1 Å². The van der Waals surface area contributed by atoms with Crippen molar-refractivity contribution >= 4 is 11.8 Å². The van der Waals surface area contributed by atoms with E-state index in [0.717, 1.165) is 25.7 Å². The summed E-state index contributed by atoms with van der Waals surface area (Å²) in [4.78, 5) is 24.8. The van der Waals surface area contributed by atoms with Crippen LogP contribution in [0.1, 0.15) is 52.9 Å². The van der Waals surface area contributed by atoms with Crippen molar-refractivity contribution in [3.63, 3.8) is 0 Å². The van der Waals surface area contributed by atoms with Crippen LogP contribution < -0.4 is 10.6 Å². The number of hydrogen-bond donors (Lipinski definition) is 3. The van der Waals surface area contributed by atoms with E-state index in [2.05, 4.69) is 24.5 Å². The highest BCUT2D eigenvalue weighted by Crippen LogP contribution is 2.55. The van der Waals surface area contributed by atoms with Crippen molar-refractivity contribution in [2.45, 2.75) is 65.0 Å². The highest BCUT2D eigenvalue weighted by molar-refractivity contribution is 5.78. The van der Waals surface area contributed by atoms with Crippen LogP contribution in [0.25, 0.3) is 0 Å². The lowest BCUT2D eigenvalue weighted by Gasteiger charge is -2.56. The minimum Gasteiger partial charge on any atom is -0.392 e. The molecule has 0 aromatic rings. The summed E-state index contributed by atoms with van der Waals surface area (Å²) in [6.45, 7) is 7.69. The normalized spacial score (nSPS) is 35.4. The fraction of sp³-hybridized carbons (Fsp3) is 0.909. The molecule has 2 fully saturated rings. The van der Waals surface area contributed by atoms with Crippen LogP contribution in [0.15, 0.2) is 0 Å². The topological polar surface area (TPSA) is 96.9 Å². The number of ether oxygens (including phenoxy) is 2. The van der Waals surface area contributed by atoms with Gasteiger partial charge in [0.25, 0.3) is 0 Å². The fourth-order valence-corrected chi connectivity index (χ4v) is 5.60. The molecule has 2 rings (SSSR count). The average molecular weight is 413 g/mol. The Balaban J connectivity index is 2.05. The van der Waals surface area contributed by atoms with Gasteiger partial charge in [-0.25, -0.2) is 0 Å². The van der Waals surface area contributed by atoms with E-state index in [9.17, 15) is 14.7 Å². The Morgan fingerprint density at radius 3 is 2.48 bits per heavy atom. The van der Waals surface area contributed by atoms with Gasteiger partial charge >= 0.3 is 0 Å². The highest BCUT2D eigenvalue weighted by atomic mass is 16.5. The first-order chi connectivity index (χ1) is 13.7. The van der Waals surface area contributed by atoms with Gasteiger partial charge in [-0.05, 0) is 48.9 Å². The first-order valence-corrected chi connectivity index (χ1v) is 11.0. The first kappa shape index (κ1) is 24.1. The average Bonchev–Trinajstić information content (AvgIpc) is 2.68. The van der Waals surface area contributed by atoms with Gasteiger partial charge in [-0.2, -0.15) is 0 Å². The molecule has 2 aliphatic carbocycles. The van der Waals surface area contributed by atoms with Crippen molar-refractivity contribution in [1.82, 2.24) is 10.6 Å². The zero-order valence-corrected chi connectivity index (χ0v) is 18.7. The van der Waals surface area contributed by atoms with Gasteiger partial charge < -0.3 is 25.2 Å². The maximum Gasteiger partial charge on any atom is 0.223 e. The lowest BCUT2D eigenvalue weighted by Crippen LogP contribution is -2.58. The SMILES string of the molecule is COCCNC(=O)[C@@H](C)C1CC[C@@]2(C)CC[C@H](NC(=O)CCOC)[C@@H](C)[C@@H]2[C@H]1O. The Bertz CT molecular complexity index is 557. The summed E-state index contributed by atoms with van der Waals surface area (Å²) in [5.41, 5.74) is 0.0509. The molecule has 7 heteroatoms. The predicted octanol–water partition coefficient (Wildman–Crippen LogP) is 1.73. The number of carbonyl (C=O) groups excluding carboxylic acids is 2. The van der Waals surface area contributed by atoms with Crippen LogP contribution in [0.5, 0.6) is 0 Å². The number of methoxy groups -OCH3 is 2. The van der Waals surface area contributed by atoms with E-state index in [-0.39, 0.29) is 46.9 Å². The maximum atomic E-state index is 12.5. The Morgan fingerprint density at radius 2 is 1.83 bits per heavy atom. The van der Waals surface area contributed by atoms with E-state index >= 15 is 0 Å². The number of aliphatic hydroxyl groups excluding tert-OH is 1. The van der Waals surface area contributed by atoms with Crippen LogP contribution in [0, 0.1) is 29.1 Å². The van der Waals surface area contributed by atoms with Crippen molar-refractivity contribution < 1.29 is 24.2 Å². The molecule has 0 aliphatic heterocycles. The Morgan fingerprint density at radius 1 is 1.17 bits per heavy atom. The van der Waals surface area contributed by atoms with E-state index in [0.29, 0.717) is 26.2 Å². The molecule has 0 bridgehead atoms. The van der Waals surface area contributed by atoms with Crippen molar-refractivity contribution in [1.29, 1.82) is 0 Å². The minimum absolute atomic E-state index is 0.0000382. The van der Waals surface area contributed by atoms with Crippen LogP contribution in [0.3, 0.4) is 0 Å². The molecule has 168 valence electrons. The maximum absolute atomic E-state index is 12.5. The number of fused-ring (bicyclic) bond motifs is 1. The number of rotatable bonds is 9. The monoisotopic (exact) mass is 412 g/mol. The Labute approximate surface area is 175 Å². The molecule has 7 nitrogen and oxygen atoms in total. The molecule has 0 spiro atoms. The molecular weight excluding hydrogens is 372 g/mol. The van der Waals surface area contributed by atoms with Crippen molar-refractivity contribution in [3.8, 4) is 0 Å². The lowest BCUT2D eigenvalue weighted by molar-refractivity contribution is -0.144. The van der Waals surface area contributed by atoms with Crippen molar-refractivity contribution in [2.75, 3.05) is 34.0 Å². The molecule has 0 aromatic heterocycles. The van der Waals surface area contributed by atoms with E-state index in [1.54, 1.807) is 14.2 Å². The number of amides is 2. The van der Waals surface area contributed by atoms with Gasteiger partial charge in [0, 0.05) is 39.1 Å². The highest BCUT2D eigenvalue weighted by Gasteiger charge is 2.53. The molecule has 7 atom stereocenters. The molecule has 0 aromatic carbocycles. The molecule has 2 amide bonds. The van der Waals surface area contributed by atoms with Gasteiger partial charge in [0.2, 0.25) is 11.8 Å². The summed E-state index contributed by atoms with van der Waals surface area (Å²) in [7, 11) is 3.20. The third-order valence-corrected chi connectivity index (χ3v) is 7.43. The summed E-state index contributed by atoms with van der Waals surface area (Å²) in [6, 6.07) is 0.0525.